The van der Waals surface area contributed by atoms with Crippen molar-refractivity contribution in [2.45, 2.75) is 24.8 Å². The Hall–Kier alpha value is -1.36. The van der Waals surface area contributed by atoms with Crippen LogP contribution in [0.25, 0.3) is 0 Å². The molecule has 82 valence electrons. The minimum Gasteiger partial charge on any atom is -0.344 e. The first kappa shape index (κ1) is 10.2. The fourth-order valence-corrected chi connectivity index (χ4v) is 1.82. The number of carbonyl (C=O) groups excluding carboxylic acids is 1. The Balaban J connectivity index is 2.03. The third kappa shape index (κ3) is 1.87. The van der Waals surface area contributed by atoms with Crippen LogP contribution in [0.1, 0.15) is 29.8 Å². The molecule has 3 N–H and O–H groups in total. The van der Waals surface area contributed by atoms with Gasteiger partial charge in [0, 0.05) is 19.8 Å². The number of nitrogens with one attached hydrogen (secondary N) is 1. The smallest absolute Gasteiger partial charge is 0.271 e. The molecule has 1 aromatic heterocycles. The minimum atomic E-state index is -0.172. The lowest BCUT2D eigenvalue weighted by atomic mass is 9.77. The van der Waals surface area contributed by atoms with Crippen LogP contribution < -0.4 is 11.1 Å². The first-order chi connectivity index (χ1) is 7.15. The molecule has 0 radical (unpaired) electrons. The standard InChI is InChI=1S/C10H16N4O/c1-14-5-8(12-7-14)9(15)13-10(6-11)3-2-4-10/h5,7H,2-4,6,11H2,1H3,(H,13,15). The quantitative estimate of drug-likeness (QED) is 0.736. The molecule has 0 spiro atoms. The molecule has 0 unspecified atom stereocenters. The molecule has 0 bridgehead atoms. The third-order valence-corrected chi connectivity index (χ3v) is 3.02. The predicted molar refractivity (Wildman–Crippen MR) is 56.3 cm³/mol. The summed E-state index contributed by atoms with van der Waals surface area (Å²) in [6.07, 6.45) is 6.41. The van der Waals surface area contributed by atoms with Gasteiger partial charge >= 0.3 is 0 Å². The van der Waals surface area contributed by atoms with Gasteiger partial charge in [-0.2, -0.15) is 0 Å². The second-order valence-corrected chi connectivity index (χ2v) is 4.22. The van der Waals surface area contributed by atoms with Crippen molar-refractivity contribution in [3.63, 3.8) is 0 Å². The van der Waals surface area contributed by atoms with Gasteiger partial charge in [-0.25, -0.2) is 4.98 Å². The predicted octanol–water partition coefficient (Wildman–Crippen LogP) is 0.0313. The summed E-state index contributed by atoms with van der Waals surface area (Å²) in [5, 5.41) is 2.97. The van der Waals surface area contributed by atoms with Crippen molar-refractivity contribution in [1.82, 2.24) is 14.9 Å². The molecule has 1 saturated carbocycles. The lowest BCUT2D eigenvalue weighted by Crippen LogP contribution is -2.58. The monoisotopic (exact) mass is 208 g/mol. The number of aryl methyl sites for hydroxylation is 1. The molecule has 1 amide bonds. The van der Waals surface area contributed by atoms with E-state index >= 15 is 0 Å². The summed E-state index contributed by atoms with van der Waals surface area (Å²) in [7, 11) is 1.84. The number of imidazole rings is 1. The molecule has 0 aliphatic heterocycles. The summed E-state index contributed by atoms with van der Waals surface area (Å²) < 4.78 is 1.75. The van der Waals surface area contributed by atoms with Gasteiger partial charge in [-0.1, -0.05) is 0 Å². The van der Waals surface area contributed by atoms with E-state index in [2.05, 4.69) is 10.3 Å². The van der Waals surface area contributed by atoms with Crippen LogP contribution in [-0.4, -0.2) is 27.5 Å². The number of hydrogen-bond acceptors (Lipinski definition) is 3. The molecule has 15 heavy (non-hydrogen) atoms. The Morgan fingerprint density at radius 2 is 2.47 bits per heavy atom. The average molecular weight is 208 g/mol. The highest BCUT2D eigenvalue weighted by atomic mass is 16.2. The highest BCUT2D eigenvalue weighted by Gasteiger charge is 2.37. The minimum absolute atomic E-state index is 0.124. The Kier molecular flexibility index (Phi) is 2.48. The van der Waals surface area contributed by atoms with E-state index in [1.165, 1.54) is 0 Å². The van der Waals surface area contributed by atoms with Crippen molar-refractivity contribution >= 4 is 5.91 Å². The molecule has 1 heterocycles. The van der Waals surface area contributed by atoms with Crippen molar-refractivity contribution < 1.29 is 4.79 Å². The van der Waals surface area contributed by atoms with Crippen LogP contribution in [0.2, 0.25) is 0 Å². The zero-order valence-corrected chi connectivity index (χ0v) is 8.86. The van der Waals surface area contributed by atoms with Crippen LogP contribution >= 0.6 is 0 Å². The molecule has 1 aromatic rings. The topological polar surface area (TPSA) is 72.9 Å². The van der Waals surface area contributed by atoms with E-state index < -0.39 is 0 Å². The zero-order valence-electron chi connectivity index (χ0n) is 8.86. The van der Waals surface area contributed by atoms with Crippen LogP contribution in [0.15, 0.2) is 12.5 Å². The normalized spacial score (nSPS) is 18.3. The summed E-state index contributed by atoms with van der Waals surface area (Å²) in [4.78, 5) is 15.8. The lowest BCUT2D eigenvalue weighted by molar-refractivity contribution is 0.0832. The Labute approximate surface area is 88.7 Å². The molecule has 5 nitrogen and oxygen atoms in total. The van der Waals surface area contributed by atoms with Crippen molar-refractivity contribution in [3.8, 4) is 0 Å². The fraction of sp³-hybridized carbons (Fsp3) is 0.600. The number of nitrogens with two attached hydrogens (primary N) is 1. The highest BCUT2D eigenvalue weighted by molar-refractivity contribution is 5.92. The molecular weight excluding hydrogens is 192 g/mol. The molecule has 2 rings (SSSR count). The SMILES string of the molecule is Cn1cnc(C(=O)NC2(CN)CCC2)c1. The molecule has 0 aromatic carbocycles. The fourth-order valence-electron chi connectivity index (χ4n) is 1.82. The van der Waals surface area contributed by atoms with Gasteiger partial charge in [-0.3, -0.25) is 4.79 Å². The summed E-state index contributed by atoms with van der Waals surface area (Å²) in [5.74, 6) is -0.124. The van der Waals surface area contributed by atoms with Crippen LogP contribution in [0.5, 0.6) is 0 Å². The number of hydrogen-bond donors (Lipinski definition) is 2. The van der Waals surface area contributed by atoms with Gasteiger partial charge in [0.1, 0.15) is 5.69 Å². The van der Waals surface area contributed by atoms with Gasteiger partial charge in [-0.15, -0.1) is 0 Å². The van der Waals surface area contributed by atoms with Crippen LogP contribution in [-0.2, 0) is 7.05 Å². The van der Waals surface area contributed by atoms with Crippen molar-refractivity contribution in [3.05, 3.63) is 18.2 Å². The maximum absolute atomic E-state index is 11.8. The molecular formula is C10H16N4O. The summed E-state index contributed by atoms with van der Waals surface area (Å²) in [6.45, 7) is 0.506. The maximum Gasteiger partial charge on any atom is 0.271 e. The van der Waals surface area contributed by atoms with E-state index in [-0.39, 0.29) is 11.4 Å². The Morgan fingerprint density at radius 1 is 1.73 bits per heavy atom. The molecule has 1 fully saturated rings. The largest absolute Gasteiger partial charge is 0.344 e. The highest BCUT2D eigenvalue weighted by Crippen LogP contribution is 2.30. The first-order valence-electron chi connectivity index (χ1n) is 5.16. The van der Waals surface area contributed by atoms with E-state index in [0.717, 1.165) is 19.3 Å². The Bertz CT molecular complexity index is 362. The van der Waals surface area contributed by atoms with E-state index in [4.69, 9.17) is 5.73 Å². The van der Waals surface area contributed by atoms with Gasteiger partial charge in [0.2, 0.25) is 0 Å². The molecule has 5 heteroatoms. The van der Waals surface area contributed by atoms with Crippen molar-refractivity contribution in [1.29, 1.82) is 0 Å². The van der Waals surface area contributed by atoms with Gasteiger partial charge < -0.3 is 15.6 Å². The summed E-state index contributed by atoms with van der Waals surface area (Å²) in [6, 6.07) is 0. The number of carbonyl (C=O) groups is 1. The number of rotatable bonds is 3. The van der Waals surface area contributed by atoms with Gasteiger partial charge in [0.15, 0.2) is 0 Å². The van der Waals surface area contributed by atoms with E-state index in [1.54, 1.807) is 17.1 Å². The number of nitrogens with zero attached hydrogens (tertiary/aromatic N) is 2. The lowest BCUT2D eigenvalue weighted by Gasteiger charge is -2.41. The Morgan fingerprint density at radius 3 is 2.87 bits per heavy atom. The second kappa shape index (κ2) is 3.66. The first-order valence-corrected chi connectivity index (χ1v) is 5.16. The molecule has 0 atom stereocenters. The van der Waals surface area contributed by atoms with Crippen LogP contribution in [0, 0.1) is 0 Å². The molecule has 0 saturated heterocycles. The van der Waals surface area contributed by atoms with Crippen LogP contribution in [0.4, 0.5) is 0 Å². The van der Waals surface area contributed by atoms with E-state index in [1.807, 2.05) is 7.05 Å². The van der Waals surface area contributed by atoms with Crippen LogP contribution in [0.3, 0.4) is 0 Å². The number of amides is 1. The second-order valence-electron chi connectivity index (χ2n) is 4.22. The number of aromatic nitrogens is 2. The molecule has 1 aliphatic carbocycles. The summed E-state index contributed by atoms with van der Waals surface area (Å²) >= 11 is 0. The van der Waals surface area contributed by atoms with Gasteiger partial charge in [0.25, 0.3) is 5.91 Å². The third-order valence-electron chi connectivity index (χ3n) is 3.02. The van der Waals surface area contributed by atoms with Crippen molar-refractivity contribution in [2.24, 2.45) is 12.8 Å². The van der Waals surface area contributed by atoms with E-state index in [0.29, 0.717) is 12.2 Å². The van der Waals surface area contributed by atoms with Crippen molar-refractivity contribution in [2.75, 3.05) is 6.54 Å². The zero-order chi connectivity index (χ0) is 10.9. The maximum atomic E-state index is 11.8. The van der Waals surface area contributed by atoms with Gasteiger partial charge in [0.05, 0.1) is 11.9 Å². The van der Waals surface area contributed by atoms with Gasteiger partial charge in [-0.05, 0) is 19.3 Å². The van der Waals surface area contributed by atoms with E-state index in [9.17, 15) is 4.79 Å². The molecule has 1 aliphatic rings. The average Bonchev–Trinajstić information content (AvgIpc) is 2.58. The summed E-state index contributed by atoms with van der Waals surface area (Å²) in [5.41, 5.74) is 5.94.